The van der Waals surface area contributed by atoms with Crippen LogP contribution in [0.4, 0.5) is 26.3 Å². The molecule has 0 spiro atoms. The van der Waals surface area contributed by atoms with Crippen LogP contribution in [0, 0.1) is 0 Å². The van der Waals surface area contributed by atoms with Crippen LogP contribution in [0.25, 0.3) is 55.3 Å². The van der Waals surface area contributed by atoms with Crippen molar-refractivity contribution in [3.63, 3.8) is 0 Å². The van der Waals surface area contributed by atoms with Crippen LogP contribution in [0.3, 0.4) is 0 Å². The Morgan fingerprint density at radius 2 is 0.851 bits per heavy atom. The smallest absolute Gasteiger partial charge is 0.420 e. The van der Waals surface area contributed by atoms with Gasteiger partial charge in [-0.05, 0) is 50.2 Å². The second-order valence-electron chi connectivity index (χ2n) is 11.8. The molecule has 4 heterocycles. The Hall–Kier alpha value is -5.52. The Kier molecular flexibility index (Phi) is 5.99. The maximum atomic E-state index is 13.7. The van der Waals surface area contributed by atoms with Crippen molar-refractivity contribution in [2.45, 2.75) is 31.6 Å². The number of hydrogen-bond donors (Lipinski definition) is 0. The standard InChI is InChI=1S/C35H22F6N4O2/c1-33(2,27-15-17-44(42-27)25-13-5-9-21-19-7-3-11-23(34(36,37)38)29(19)46-31(21)25)28-16-18-45(43-28)26-14-6-10-22-20-8-4-12-24(35(39,40)41)30(20)47-32(22)26/h3-18H,1-2H3. The predicted molar refractivity (Wildman–Crippen MR) is 164 cm³/mol. The molecule has 0 N–H and O–H groups in total. The summed E-state index contributed by atoms with van der Waals surface area (Å²) in [4.78, 5) is 0. The molecule has 0 saturated heterocycles. The highest BCUT2D eigenvalue weighted by Gasteiger charge is 2.36. The monoisotopic (exact) mass is 644 g/mol. The molecule has 4 aromatic carbocycles. The second kappa shape index (κ2) is 9.74. The van der Waals surface area contributed by atoms with Gasteiger partial charge in [0.1, 0.15) is 22.5 Å². The molecule has 8 rings (SSSR count). The highest BCUT2D eigenvalue weighted by molar-refractivity contribution is 6.09. The van der Waals surface area contributed by atoms with Gasteiger partial charge in [0.25, 0.3) is 0 Å². The summed E-state index contributed by atoms with van der Waals surface area (Å²) in [7, 11) is 0. The molecule has 0 aliphatic heterocycles. The fourth-order valence-electron chi connectivity index (χ4n) is 6.13. The first-order valence-electron chi connectivity index (χ1n) is 14.5. The first-order chi connectivity index (χ1) is 22.3. The number of rotatable bonds is 4. The lowest BCUT2D eigenvalue weighted by Gasteiger charge is -2.19. The summed E-state index contributed by atoms with van der Waals surface area (Å²) in [6, 6.07) is 21.8. The average Bonchev–Trinajstić information content (AvgIpc) is 3.83. The SMILES string of the molecule is CC(C)(c1ccn(-c2cccc3c2oc2c(C(F)(F)F)cccc23)n1)c1ccn(-c2cccc3c2oc2c(C(F)(F)F)cccc23)n1. The van der Waals surface area contributed by atoms with Crippen LogP contribution < -0.4 is 0 Å². The van der Waals surface area contributed by atoms with Gasteiger partial charge in [0.05, 0.1) is 27.9 Å². The molecule has 0 fully saturated rings. The van der Waals surface area contributed by atoms with Crippen LogP contribution >= 0.6 is 0 Å². The number of para-hydroxylation sites is 4. The van der Waals surface area contributed by atoms with E-state index in [1.807, 2.05) is 13.8 Å². The van der Waals surface area contributed by atoms with E-state index in [2.05, 4.69) is 0 Å². The highest BCUT2D eigenvalue weighted by Crippen LogP contribution is 2.42. The van der Waals surface area contributed by atoms with E-state index in [0.717, 1.165) is 12.1 Å². The van der Waals surface area contributed by atoms with Crippen molar-refractivity contribution in [3.05, 3.63) is 120 Å². The zero-order chi connectivity index (χ0) is 32.9. The molecular formula is C35H22F6N4O2. The number of nitrogens with zero attached hydrogens (tertiary/aromatic N) is 4. The summed E-state index contributed by atoms with van der Waals surface area (Å²) in [6.45, 7) is 3.84. The van der Waals surface area contributed by atoms with Gasteiger partial charge in [-0.1, -0.05) is 48.5 Å². The van der Waals surface area contributed by atoms with Crippen molar-refractivity contribution in [3.8, 4) is 11.4 Å². The van der Waals surface area contributed by atoms with Gasteiger partial charge < -0.3 is 8.83 Å². The van der Waals surface area contributed by atoms with Crippen molar-refractivity contribution < 1.29 is 35.2 Å². The number of alkyl halides is 6. The van der Waals surface area contributed by atoms with Gasteiger partial charge in [-0.3, -0.25) is 0 Å². The number of hydrogen-bond acceptors (Lipinski definition) is 4. The zero-order valence-electron chi connectivity index (χ0n) is 24.6. The number of fused-ring (bicyclic) bond motifs is 6. The van der Waals surface area contributed by atoms with E-state index in [4.69, 9.17) is 19.0 Å². The minimum atomic E-state index is -4.58. The zero-order valence-corrected chi connectivity index (χ0v) is 24.6. The molecule has 47 heavy (non-hydrogen) atoms. The molecule has 4 aromatic heterocycles. The molecule has 0 atom stereocenters. The van der Waals surface area contributed by atoms with Crippen molar-refractivity contribution in [1.29, 1.82) is 0 Å². The van der Waals surface area contributed by atoms with Crippen LogP contribution in [0.15, 0.2) is 106 Å². The molecule has 0 bridgehead atoms. The molecule has 12 heteroatoms. The number of benzene rings is 4. The normalized spacial score (nSPS) is 13.1. The van der Waals surface area contributed by atoms with E-state index in [0.29, 0.717) is 44.3 Å². The van der Waals surface area contributed by atoms with Gasteiger partial charge >= 0.3 is 12.4 Å². The van der Waals surface area contributed by atoms with E-state index >= 15 is 0 Å². The highest BCUT2D eigenvalue weighted by atomic mass is 19.4. The van der Waals surface area contributed by atoms with Crippen molar-refractivity contribution >= 4 is 43.9 Å². The van der Waals surface area contributed by atoms with Gasteiger partial charge in [0.2, 0.25) is 0 Å². The van der Waals surface area contributed by atoms with E-state index in [-0.39, 0.29) is 22.3 Å². The minimum Gasteiger partial charge on any atom is -0.453 e. The molecule has 8 aromatic rings. The summed E-state index contributed by atoms with van der Waals surface area (Å²) in [5.41, 5.74) is -0.247. The summed E-state index contributed by atoms with van der Waals surface area (Å²) < 4.78 is 97.2. The fraction of sp³-hybridized carbons (Fsp3) is 0.143. The largest absolute Gasteiger partial charge is 0.453 e. The van der Waals surface area contributed by atoms with Crippen LogP contribution in [0.2, 0.25) is 0 Å². The van der Waals surface area contributed by atoms with E-state index in [9.17, 15) is 26.3 Å². The molecule has 0 amide bonds. The Morgan fingerprint density at radius 3 is 1.23 bits per heavy atom. The molecule has 0 aliphatic carbocycles. The van der Waals surface area contributed by atoms with Crippen molar-refractivity contribution in [2.24, 2.45) is 0 Å². The third-order valence-corrected chi connectivity index (χ3v) is 8.57. The van der Waals surface area contributed by atoms with Crippen LogP contribution in [0.1, 0.15) is 36.4 Å². The summed E-state index contributed by atoms with van der Waals surface area (Å²) in [6.07, 6.45) is -5.76. The molecule has 236 valence electrons. The molecule has 6 nitrogen and oxygen atoms in total. The van der Waals surface area contributed by atoms with E-state index < -0.39 is 28.9 Å². The van der Waals surface area contributed by atoms with Crippen molar-refractivity contribution in [1.82, 2.24) is 19.6 Å². The fourth-order valence-corrected chi connectivity index (χ4v) is 6.13. The average molecular weight is 645 g/mol. The Balaban J connectivity index is 1.18. The predicted octanol–water partition coefficient (Wildman–Crippen LogP) is 10.2. The maximum absolute atomic E-state index is 13.7. The summed E-state index contributed by atoms with van der Waals surface area (Å²) in [5, 5.41) is 11.3. The second-order valence-corrected chi connectivity index (χ2v) is 11.8. The van der Waals surface area contributed by atoms with E-state index in [1.165, 1.54) is 12.1 Å². The maximum Gasteiger partial charge on any atom is 0.420 e. The minimum absolute atomic E-state index is 0.241. The lowest BCUT2D eigenvalue weighted by molar-refractivity contribution is -0.137. The third kappa shape index (κ3) is 4.42. The third-order valence-electron chi connectivity index (χ3n) is 8.57. The van der Waals surface area contributed by atoms with Gasteiger partial charge in [-0.15, -0.1) is 0 Å². The molecule has 0 aliphatic rings. The summed E-state index contributed by atoms with van der Waals surface area (Å²) in [5.74, 6) is 0. The van der Waals surface area contributed by atoms with Crippen molar-refractivity contribution in [2.75, 3.05) is 0 Å². The Morgan fingerprint density at radius 1 is 0.489 bits per heavy atom. The quantitative estimate of drug-likeness (QED) is 0.179. The number of furan rings is 2. The molecule has 0 saturated carbocycles. The van der Waals surface area contributed by atoms with Gasteiger partial charge in [-0.25, -0.2) is 9.36 Å². The van der Waals surface area contributed by atoms with Crippen LogP contribution in [-0.4, -0.2) is 19.6 Å². The lowest BCUT2D eigenvalue weighted by atomic mass is 9.86. The first kappa shape index (κ1) is 28.9. The first-order valence-corrected chi connectivity index (χ1v) is 14.5. The molecular weight excluding hydrogens is 622 g/mol. The van der Waals surface area contributed by atoms with Gasteiger partial charge in [0, 0.05) is 33.9 Å². The molecule has 0 radical (unpaired) electrons. The van der Waals surface area contributed by atoms with Crippen LogP contribution in [0.5, 0.6) is 0 Å². The van der Waals surface area contributed by atoms with Gasteiger partial charge in [0.15, 0.2) is 11.2 Å². The Bertz CT molecular complexity index is 2320. The topological polar surface area (TPSA) is 61.9 Å². The lowest BCUT2D eigenvalue weighted by Crippen LogP contribution is -2.21. The Labute approximate surface area is 261 Å². The van der Waals surface area contributed by atoms with Gasteiger partial charge in [-0.2, -0.15) is 36.5 Å². The van der Waals surface area contributed by atoms with Crippen LogP contribution in [-0.2, 0) is 17.8 Å². The van der Waals surface area contributed by atoms with E-state index in [1.54, 1.807) is 82.4 Å². The number of aromatic nitrogens is 4. The number of halogens is 6. The summed E-state index contributed by atoms with van der Waals surface area (Å²) >= 11 is 0. The molecule has 0 unspecified atom stereocenters.